The van der Waals surface area contributed by atoms with Crippen LogP contribution in [0, 0.1) is 6.92 Å². The molecule has 0 radical (unpaired) electrons. The Kier molecular flexibility index (Phi) is 4.20. The molecule has 0 amide bonds. The van der Waals surface area contributed by atoms with E-state index in [9.17, 15) is 8.42 Å². The van der Waals surface area contributed by atoms with Crippen LogP contribution in [0.5, 0.6) is 0 Å². The van der Waals surface area contributed by atoms with E-state index in [0.717, 1.165) is 0 Å². The second-order valence-electron chi connectivity index (χ2n) is 4.66. The van der Waals surface area contributed by atoms with Gasteiger partial charge in [-0.15, -0.1) is 0 Å². The number of morpholine rings is 1. The molecule has 7 heteroatoms. The Hall–Kier alpha value is -0.630. The van der Waals surface area contributed by atoms with E-state index in [-0.39, 0.29) is 10.9 Å². The molecule has 1 atom stereocenters. The van der Waals surface area contributed by atoms with Gasteiger partial charge in [-0.1, -0.05) is 15.9 Å². The Morgan fingerprint density at radius 1 is 1.47 bits per heavy atom. The Bertz CT molecular complexity index is 589. The third-order valence-electron chi connectivity index (χ3n) is 3.26. The minimum Gasteiger partial charge on any atom is -0.398 e. The molecule has 1 unspecified atom stereocenters. The summed E-state index contributed by atoms with van der Waals surface area (Å²) >= 11 is 3.29. The van der Waals surface area contributed by atoms with Gasteiger partial charge in [0.25, 0.3) is 0 Å². The van der Waals surface area contributed by atoms with Gasteiger partial charge < -0.3 is 10.5 Å². The predicted molar refractivity (Wildman–Crippen MR) is 77.5 cm³/mol. The fourth-order valence-corrected chi connectivity index (χ4v) is 4.65. The smallest absolute Gasteiger partial charge is 0.243 e. The van der Waals surface area contributed by atoms with E-state index in [1.165, 1.54) is 4.31 Å². The highest BCUT2D eigenvalue weighted by atomic mass is 79.9. The summed E-state index contributed by atoms with van der Waals surface area (Å²) in [5.41, 5.74) is 6.90. The molecule has 2 rings (SSSR count). The van der Waals surface area contributed by atoms with Gasteiger partial charge in [0.15, 0.2) is 0 Å². The number of halogens is 1. The summed E-state index contributed by atoms with van der Waals surface area (Å²) < 4.78 is 32.9. The maximum atomic E-state index is 12.7. The average molecular weight is 349 g/mol. The molecule has 1 aromatic carbocycles. The Balaban J connectivity index is 2.50. The molecular weight excluding hydrogens is 332 g/mol. The van der Waals surface area contributed by atoms with Gasteiger partial charge in [0.2, 0.25) is 10.0 Å². The van der Waals surface area contributed by atoms with Crippen LogP contribution in [0.2, 0.25) is 0 Å². The standard InChI is InChI=1S/C12H17BrN2O3S/c1-8-7-18-4-3-15(8)19(16,17)12-6-10(13)5-11(14)9(12)2/h5-6,8H,3-4,7,14H2,1-2H3. The summed E-state index contributed by atoms with van der Waals surface area (Å²) in [6, 6.07) is 3.14. The van der Waals surface area contributed by atoms with Crippen LogP contribution in [0.1, 0.15) is 12.5 Å². The van der Waals surface area contributed by atoms with Crippen molar-refractivity contribution >= 4 is 31.6 Å². The maximum Gasteiger partial charge on any atom is 0.243 e. The molecule has 1 aromatic rings. The largest absolute Gasteiger partial charge is 0.398 e. The minimum atomic E-state index is -3.54. The van der Waals surface area contributed by atoms with Crippen LogP contribution in [-0.4, -0.2) is 38.5 Å². The molecule has 106 valence electrons. The number of nitrogen functional groups attached to an aromatic ring is 1. The van der Waals surface area contributed by atoms with E-state index in [1.54, 1.807) is 19.1 Å². The van der Waals surface area contributed by atoms with Crippen molar-refractivity contribution in [3.05, 3.63) is 22.2 Å². The lowest BCUT2D eigenvalue weighted by atomic mass is 10.2. The van der Waals surface area contributed by atoms with Crippen molar-refractivity contribution in [1.29, 1.82) is 0 Å². The Labute approximate surface area is 121 Å². The highest BCUT2D eigenvalue weighted by Crippen LogP contribution is 2.29. The number of ether oxygens (including phenoxy) is 1. The third kappa shape index (κ3) is 2.79. The van der Waals surface area contributed by atoms with E-state index in [1.807, 2.05) is 6.92 Å². The number of sulfonamides is 1. The van der Waals surface area contributed by atoms with Gasteiger partial charge in [-0.3, -0.25) is 0 Å². The van der Waals surface area contributed by atoms with Gasteiger partial charge in [-0.2, -0.15) is 4.31 Å². The number of nitrogens with zero attached hydrogens (tertiary/aromatic N) is 1. The summed E-state index contributed by atoms with van der Waals surface area (Å²) in [7, 11) is -3.54. The lowest BCUT2D eigenvalue weighted by Crippen LogP contribution is -2.47. The Morgan fingerprint density at radius 2 is 2.16 bits per heavy atom. The average Bonchev–Trinajstić information content (AvgIpc) is 2.34. The summed E-state index contributed by atoms with van der Waals surface area (Å²) in [6.45, 7) is 4.77. The number of rotatable bonds is 2. The molecule has 0 aliphatic carbocycles. The number of benzene rings is 1. The normalized spacial score (nSPS) is 21.5. The van der Waals surface area contributed by atoms with Gasteiger partial charge >= 0.3 is 0 Å². The molecule has 0 aromatic heterocycles. The van der Waals surface area contributed by atoms with Gasteiger partial charge in [0.1, 0.15) is 0 Å². The molecule has 1 aliphatic rings. The zero-order chi connectivity index (χ0) is 14.2. The topological polar surface area (TPSA) is 72.6 Å². The fraction of sp³-hybridized carbons (Fsp3) is 0.500. The summed E-state index contributed by atoms with van der Waals surface area (Å²) in [5, 5.41) is 0. The molecule has 1 heterocycles. The van der Waals surface area contributed by atoms with E-state index < -0.39 is 10.0 Å². The van der Waals surface area contributed by atoms with Gasteiger partial charge in [0, 0.05) is 22.7 Å². The minimum absolute atomic E-state index is 0.168. The van der Waals surface area contributed by atoms with Crippen molar-refractivity contribution in [3.8, 4) is 0 Å². The van der Waals surface area contributed by atoms with Crippen molar-refractivity contribution < 1.29 is 13.2 Å². The summed E-state index contributed by atoms with van der Waals surface area (Å²) in [6.07, 6.45) is 0. The molecule has 2 N–H and O–H groups in total. The van der Waals surface area contributed by atoms with Gasteiger partial charge in [-0.25, -0.2) is 8.42 Å². The van der Waals surface area contributed by atoms with Crippen molar-refractivity contribution in [2.45, 2.75) is 24.8 Å². The lowest BCUT2D eigenvalue weighted by molar-refractivity contribution is 0.0392. The first-order valence-corrected chi connectivity index (χ1v) is 8.22. The molecular formula is C12H17BrN2O3S. The molecule has 0 bridgehead atoms. The lowest BCUT2D eigenvalue weighted by Gasteiger charge is -2.32. The van der Waals surface area contributed by atoms with Crippen LogP contribution in [0.4, 0.5) is 5.69 Å². The van der Waals surface area contributed by atoms with Crippen LogP contribution in [0.25, 0.3) is 0 Å². The molecule has 19 heavy (non-hydrogen) atoms. The van der Waals surface area contributed by atoms with Crippen molar-refractivity contribution in [2.75, 3.05) is 25.5 Å². The van der Waals surface area contributed by atoms with Crippen molar-refractivity contribution in [3.63, 3.8) is 0 Å². The van der Waals surface area contributed by atoms with Crippen LogP contribution in [0.3, 0.4) is 0 Å². The second-order valence-corrected chi connectivity index (χ2v) is 7.43. The summed E-state index contributed by atoms with van der Waals surface area (Å²) in [5.74, 6) is 0. The predicted octanol–water partition coefficient (Wildman–Crippen LogP) is 1.75. The number of anilines is 1. The highest BCUT2D eigenvalue weighted by molar-refractivity contribution is 9.10. The first kappa shape index (κ1) is 14.8. The molecule has 0 spiro atoms. The van der Waals surface area contributed by atoms with Crippen LogP contribution in [0.15, 0.2) is 21.5 Å². The molecule has 1 saturated heterocycles. The fourth-order valence-electron chi connectivity index (χ4n) is 2.14. The zero-order valence-corrected chi connectivity index (χ0v) is 13.3. The Morgan fingerprint density at radius 3 is 2.79 bits per heavy atom. The van der Waals surface area contributed by atoms with Gasteiger partial charge in [0.05, 0.1) is 18.1 Å². The van der Waals surface area contributed by atoms with Crippen molar-refractivity contribution in [2.24, 2.45) is 0 Å². The first-order valence-electron chi connectivity index (χ1n) is 5.99. The monoisotopic (exact) mass is 348 g/mol. The molecule has 5 nitrogen and oxygen atoms in total. The van der Waals surface area contributed by atoms with Crippen molar-refractivity contribution in [1.82, 2.24) is 4.31 Å². The number of hydrogen-bond donors (Lipinski definition) is 1. The second kappa shape index (κ2) is 5.40. The van der Waals surface area contributed by atoms with Gasteiger partial charge in [-0.05, 0) is 31.5 Å². The maximum absolute atomic E-state index is 12.7. The zero-order valence-electron chi connectivity index (χ0n) is 10.9. The summed E-state index contributed by atoms with van der Waals surface area (Å²) in [4.78, 5) is 0.258. The van der Waals surface area contributed by atoms with E-state index >= 15 is 0 Å². The number of nitrogens with two attached hydrogens (primary N) is 1. The molecule has 1 fully saturated rings. The van der Waals surface area contributed by atoms with Crippen LogP contribution >= 0.6 is 15.9 Å². The quantitative estimate of drug-likeness (QED) is 0.826. The number of hydrogen-bond acceptors (Lipinski definition) is 4. The van der Waals surface area contributed by atoms with E-state index in [0.29, 0.717) is 35.5 Å². The highest BCUT2D eigenvalue weighted by Gasteiger charge is 2.33. The third-order valence-corrected chi connectivity index (χ3v) is 5.86. The SMILES string of the molecule is Cc1c(N)cc(Br)cc1S(=O)(=O)N1CCOCC1C. The molecule has 1 aliphatic heterocycles. The first-order chi connectivity index (χ1) is 8.84. The van der Waals surface area contributed by atoms with Crippen LogP contribution < -0.4 is 5.73 Å². The van der Waals surface area contributed by atoms with E-state index in [4.69, 9.17) is 10.5 Å². The molecule has 0 saturated carbocycles. The van der Waals surface area contributed by atoms with Crippen LogP contribution in [-0.2, 0) is 14.8 Å². The van der Waals surface area contributed by atoms with E-state index in [2.05, 4.69) is 15.9 Å².